The lowest BCUT2D eigenvalue weighted by molar-refractivity contribution is -0.116. The van der Waals surface area contributed by atoms with Crippen LogP contribution in [0.2, 0.25) is 5.02 Å². The zero-order valence-corrected chi connectivity index (χ0v) is 12.2. The van der Waals surface area contributed by atoms with Gasteiger partial charge in [-0.15, -0.1) is 0 Å². The number of hydrogen-bond donors (Lipinski definition) is 2. The van der Waals surface area contributed by atoms with Crippen molar-refractivity contribution in [3.8, 4) is 0 Å². The zero-order chi connectivity index (χ0) is 14.4. The first kappa shape index (κ1) is 14.6. The van der Waals surface area contributed by atoms with Crippen molar-refractivity contribution >= 4 is 23.2 Å². The number of benzene rings is 1. The summed E-state index contributed by atoms with van der Waals surface area (Å²) in [7, 11) is 0. The molecule has 0 bridgehead atoms. The Morgan fingerprint density at radius 2 is 2.15 bits per heavy atom. The number of nitrogens with one attached hydrogen (secondary N) is 2. The van der Waals surface area contributed by atoms with Gasteiger partial charge in [0.2, 0.25) is 5.91 Å². The number of rotatable bonds is 6. The van der Waals surface area contributed by atoms with E-state index in [0.717, 1.165) is 18.8 Å². The number of aromatic nitrogens is 1. The van der Waals surface area contributed by atoms with E-state index >= 15 is 0 Å². The zero-order valence-electron chi connectivity index (χ0n) is 11.4. The van der Waals surface area contributed by atoms with Crippen LogP contribution in [0.5, 0.6) is 0 Å². The second-order valence-corrected chi connectivity index (χ2v) is 4.90. The van der Waals surface area contributed by atoms with Gasteiger partial charge in [0.1, 0.15) is 6.54 Å². The van der Waals surface area contributed by atoms with Gasteiger partial charge in [-0.05, 0) is 36.9 Å². The second-order valence-electron chi connectivity index (χ2n) is 4.47. The molecule has 4 nitrogen and oxygen atoms in total. The molecule has 1 heterocycles. The van der Waals surface area contributed by atoms with Gasteiger partial charge >= 0.3 is 0 Å². The maximum absolute atomic E-state index is 12.0. The van der Waals surface area contributed by atoms with Gasteiger partial charge in [0.15, 0.2) is 0 Å². The molecule has 0 spiro atoms. The summed E-state index contributed by atoms with van der Waals surface area (Å²) in [6.07, 6.45) is 1.91. The molecule has 106 valence electrons. The van der Waals surface area contributed by atoms with Crippen LogP contribution in [-0.4, -0.2) is 17.0 Å². The largest absolute Gasteiger partial charge is 0.341 e. The summed E-state index contributed by atoms with van der Waals surface area (Å²) in [6, 6.07) is 11.1. The molecule has 0 aliphatic carbocycles. The fourth-order valence-corrected chi connectivity index (χ4v) is 2.13. The van der Waals surface area contributed by atoms with E-state index in [9.17, 15) is 4.79 Å². The monoisotopic (exact) mass is 291 g/mol. The van der Waals surface area contributed by atoms with Crippen LogP contribution < -0.4 is 10.6 Å². The van der Waals surface area contributed by atoms with Crippen molar-refractivity contribution in [3.63, 3.8) is 0 Å². The SMILES string of the molecule is CCNCc1cccn1CC(=O)Nc1cccc(Cl)c1. The van der Waals surface area contributed by atoms with Gasteiger partial charge in [-0.3, -0.25) is 4.79 Å². The Bertz CT molecular complexity index is 580. The molecule has 0 radical (unpaired) electrons. The summed E-state index contributed by atoms with van der Waals surface area (Å²) in [4.78, 5) is 12.0. The Labute approximate surface area is 123 Å². The average molecular weight is 292 g/mol. The van der Waals surface area contributed by atoms with Gasteiger partial charge < -0.3 is 15.2 Å². The number of halogens is 1. The molecule has 0 aliphatic heterocycles. The molecule has 0 saturated heterocycles. The molecule has 0 saturated carbocycles. The summed E-state index contributed by atoms with van der Waals surface area (Å²) in [6.45, 7) is 4.01. The first-order chi connectivity index (χ1) is 9.69. The number of carbonyl (C=O) groups is 1. The Morgan fingerprint density at radius 3 is 2.90 bits per heavy atom. The topological polar surface area (TPSA) is 46.1 Å². The predicted octanol–water partition coefficient (Wildman–Crippen LogP) is 2.89. The quantitative estimate of drug-likeness (QED) is 0.860. The van der Waals surface area contributed by atoms with E-state index in [1.54, 1.807) is 12.1 Å². The summed E-state index contributed by atoms with van der Waals surface area (Å²) in [5, 5.41) is 6.70. The van der Waals surface area contributed by atoms with Crippen molar-refractivity contribution in [2.24, 2.45) is 0 Å². The number of nitrogens with zero attached hydrogens (tertiary/aromatic N) is 1. The Kier molecular flexibility index (Phi) is 5.21. The molecular weight excluding hydrogens is 274 g/mol. The fourth-order valence-electron chi connectivity index (χ4n) is 1.94. The highest BCUT2D eigenvalue weighted by Gasteiger charge is 2.06. The van der Waals surface area contributed by atoms with E-state index in [4.69, 9.17) is 11.6 Å². The van der Waals surface area contributed by atoms with Gasteiger partial charge in [-0.25, -0.2) is 0 Å². The van der Waals surface area contributed by atoms with E-state index in [-0.39, 0.29) is 5.91 Å². The normalized spacial score (nSPS) is 10.5. The fraction of sp³-hybridized carbons (Fsp3) is 0.267. The predicted molar refractivity (Wildman–Crippen MR) is 81.9 cm³/mol. The highest BCUT2D eigenvalue weighted by atomic mass is 35.5. The average Bonchev–Trinajstić information content (AvgIpc) is 2.83. The molecule has 0 fully saturated rings. The van der Waals surface area contributed by atoms with E-state index in [0.29, 0.717) is 17.3 Å². The number of amides is 1. The van der Waals surface area contributed by atoms with Crippen molar-refractivity contribution in [2.75, 3.05) is 11.9 Å². The van der Waals surface area contributed by atoms with Crippen molar-refractivity contribution in [1.82, 2.24) is 9.88 Å². The van der Waals surface area contributed by atoms with E-state index in [1.165, 1.54) is 0 Å². The molecule has 1 aromatic carbocycles. The van der Waals surface area contributed by atoms with E-state index < -0.39 is 0 Å². The molecule has 0 unspecified atom stereocenters. The third-order valence-electron chi connectivity index (χ3n) is 2.90. The van der Waals surface area contributed by atoms with E-state index in [1.807, 2.05) is 35.0 Å². The molecule has 2 rings (SSSR count). The maximum Gasteiger partial charge on any atom is 0.244 e. The first-order valence-corrected chi connectivity index (χ1v) is 6.97. The molecule has 1 amide bonds. The van der Waals surface area contributed by atoms with Crippen LogP contribution >= 0.6 is 11.6 Å². The van der Waals surface area contributed by atoms with Crippen molar-refractivity contribution in [3.05, 3.63) is 53.3 Å². The van der Waals surface area contributed by atoms with Crippen LogP contribution in [0.1, 0.15) is 12.6 Å². The van der Waals surface area contributed by atoms with Gasteiger partial charge in [-0.1, -0.05) is 24.6 Å². The summed E-state index contributed by atoms with van der Waals surface area (Å²) in [5.74, 6) is -0.0683. The van der Waals surface area contributed by atoms with Crippen LogP contribution in [-0.2, 0) is 17.9 Å². The van der Waals surface area contributed by atoms with Crippen LogP contribution in [0.4, 0.5) is 5.69 Å². The molecule has 0 atom stereocenters. The molecular formula is C15H18ClN3O. The first-order valence-electron chi connectivity index (χ1n) is 6.59. The van der Waals surface area contributed by atoms with Crippen LogP contribution in [0, 0.1) is 0 Å². The minimum absolute atomic E-state index is 0.0683. The van der Waals surface area contributed by atoms with Crippen LogP contribution in [0.25, 0.3) is 0 Å². The van der Waals surface area contributed by atoms with Gasteiger partial charge in [0, 0.05) is 29.1 Å². The van der Waals surface area contributed by atoms with Crippen LogP contribution in [0.3, 0.4) is 0 Å². The van der Waals surface area contributed by atoms with E-state index in [2.05, 4.69) is 17.6 Å². The highest BCUT2D eigenvalue weighted by molar-refractivity contribution is 6.30. The van der Waals surface area contributed by atoms with Crippen molar-refractivity contribution in [2.45, 2.75) is 20.0 Å². The van der Waals surface area contributed by atoms with Gasteiger partial charge in [0.05, 0.1) is 0 Å². The number of hydrogen-bond acceptors (Lipinski definition) is 2. The summed E-state index contributed by atoms with van der Waals surface area (Å²) >= 11 is 5.89. The summed E-state index contributed by atoms with van der Waals surface area (Å²) < 4.78 is 1.93. The molecule has 20 heavy (non-hydrogen) atoms. The van der Waals surface area contributed by atoms with Gasteiger partial charge in [-0.2, -0.15) is 0 Å². The minimum atomic E-state index is -0.0683. The molecule has 0 aliphatic rings. The third-order valence-corrected chi connectivity index (χ3v) is 3.14. The van der Waals surface area contributed by atoms with Crippen LogP contribution in [0.15, 0.2) is 42.6 Å². The smallest absolute Gasteiger partial charge is 0.244 e. The lowest BCUT2D eigenvalue weighted by Crippen LogP contribution is -2.21. The Hall–Kier alpha value is -1.78. The highest BCUT2D eigenvalue weighted by Crippen LogP contribution is 2.15. The second kappa shape index (κ2) is 7.12. The lowest BCUT2D eigenvalue weighted by Gasteiger charge is -2.10. The standard InChI is InChI=1S/C15H18ClN3O/c1-2-17-10-14-7-4-8-19(14)11-15(20)18-13-6-3-5-12(16)9-13/h3-9,17H,2,10-11H2,1H3,(H,18,20). The summed E-state index contributed by atoms with van der Waals surface area (Å²) in [5.41, 5.74) is 1.80. The minimum Gasteiger partial charge on any atom is -0.341 e. The molecule has 2 N–H and O–H groups in total. The van der Waals surface area contributed by atoms with Crippen molar-refractivity contribution in [1.29, 1.82) is 0 Å². The molecule has 1 aromatic heterocycles. The number of carbonyl (C=O) groups excluding carboxylic acids is 1. The van der Waals surface area contributed by atoms with Crippen molar-refractivity contribution < 1.29 is 4.79 Å². The Balaban J connectivity index is 1.96. The van der Waals surface area contributed by atoms with Gasteiger partial charge in [0.25, 0.3) is 0 Å². The lowest BCUT2D eigenvalue weighted by atomic mass is 10.3. The molecule has 2 aromatic rings. The Morgan fingerprint density at radius 1 is 1.30 bits per heavy atom. The number of anilines is 1. The molecule has 5 heteroatoms. The third kappa shape index (κ3) is 4.11. The maximum atomic E-state index is 12.0.